The molecular formula is C16H30. The minimum atomic E-state index is 0.504. The average Bonchev–Trinajstić information content (AvgIpc) is 2.64. The molecule has 0 aliphatic heterocycles. The Kier molecular flexibility index (Phi) is 2.54. The van der Waals surface area contributed by atoms with Crippen LogP contribution in [0.4, 0.5) is 0 Å². The molecule has 94 valence electrons. The van der Waals surface area contributed by atoms with Crippen molar-refractivity contribution in [1.82, 2.24) is 0 Å². The van der Waals surface area contributed by atoms with Crippen LogP contribution in [0.15, 0.2) is 0 Å². The van der Waals surface area contributed by atoms with Gasteiger partial charge in [-0.3, -0.25) is 0 Å². The lowest BCUT2D eigenvalue weighted by molar-refractivity contribution is 0.172. The molecule has 2 saturated carbocycles. The van der Waals surface area contributed by atoms with Gasteiger partial charge in [-0.1, -0.05) is 48.5 Å². The topological polar surface area (TPSA) is 0 Å². The summed E-state index contributed by atoms with van der Waals surface area (Å²) in [4.78, 5) is 0. The average molecular weight is 222 g/mol. The fourth-order valence-electron chi connectivity index (χ4n) is 4.65. The van der Waals surface area contributed by atoms with Crippen molar-refractivity contribution in [3.8, 4) is 0 Å². The van der Waals surface area contributed by atoms with E-state index in [-0.39, 0.29) is 0 Å². The van der Waals surface area contributed by atoms with Gasteiger partial charge in [0.15, 0.2) is 0 Å². The van der Waals surface area contributed by atoms with Gasteiger partial charge in [0.25, 0.3) is 0 Å². The lowest BCUT2D eigenvalue weighted by Crippen LogP contribution is -2.23. The molecule has 0 aromatic rings. The molecule has 16 heavy (non-hydrogen) atoms. The van der Waals surface area contributed by atoms with Crippen LogP contribution >= 0.6 is 0 Å². The van der Waals surface area contributed by atoms with Crippen molar-refractivity contribution in [3.63, 3.8) is 0 Å². The van der Waals surface area contributed by atoms with E-state index in [4.69, 9.17) is 0 Å². The van der Waals surface area contributed by atoms with Crippen molar-refractivity contribution in [2.24, 2.45) is 34.0 Å². The van der Waals surface area contributed by atoms with Crippen molar-refractivity contribution in [3.05, 3.63) is 0 Å². The van der Waals surface area contributed by atoms with Crippen molar-refractivity contribution in [2.45, 2.75) is 67.7 Å². The standard InChI is InChI=1S/C16H30/c1-14(2,3)11-8-9-15(4,5)13-12(10-11)16(13,6)7/h11-13H,8-10H2,1-7H3. The Labute approximate surface area is 102 Å². The van der Waals surface area contributed by atoms with E-state index in [0.717, 1.165) is 17.8 Å². The number of hydrogen-bond acceptors (Lipinski definition) is 0. The van der Waals surface area contributed by atoms with Crippen LogP contribution in [-0.2, 0) is 0 Å². The summed E-state index contributed by atoms with van der Waals surface area (Å²) in [6.07, 6.45) is 4.35. The molecule has 0 spiro atoms. The zero-order valence-corrected chi connectivity index (χ0v) is 12.4. The van der Waals surface area contributed by atoms with Gasteiger partial charge >= 0.3 is 0 Å². The number of hydrogen-bond donors (Lipinski definition) is 0. The number of rotatable bonds is 0. The molecule has 2 aliphatic carbocycles. The van der Waals surface area contributed by atoms with Crippen LogP contribution in [0.5, 0.6) is 0 Å². The van der Waals surface area contributed by atoms with Gasteiger partial charge in [0, 0.05) is 0 Å². The van der Waals surface area contributed by atoms with Gasteiger partial charge < -0.3 is 0 Å². The van der Waals surface area contributed by atoms with Crippen LogP contribution < -0.4 is 0 Å². The fourth-order valence-corrected chi connectivity index (χ4v) is 4.65. The Morgan fingerprint density at radius 3 is 2.06 bits per heavy atom. The van der Waals surface area contributed by atoms with E-state index in [1.807, 2.05) is 0 Å². The maximum Gasteiger partial charge on any atom is -0.0275 e. The highest BCUT2D eigenvalue weighted by atomic mass is 14.7. The van der Waals surface area contributed by atoms with Crippen LogP contribution in [0.1, 0.15) is 67.7 Å². The lowest BCUT2D eigenvalue weighted by atomic mass is 9.72. The summed E-state index contributed by atoms with van der Waals surface area (Å²) < 4.78 is 0. The summed E-state index contributed by atoms with van der Waals surface area (Å²) in [5.41, 5.74) is 1.70. The largest absolute Gasteiger partial charge is 0.0599 e. The second kappa shape index (κ2) is 3.27. The summed E-state index contributed by atoms with van der Waals surface area (Å²) >= 11 is 0. The molecule has 0 heterocycles. The quantitative estimate of drug-likeness (QED) is 0.533. The Balaban J connectivity index is 2.19. The molecular weight excluding hydrogens is 192 g/mol. The second-order valence-electron chi connectivity index (χ2n) is 8.73. The highest BCUT2D eigenvalue weighted by Gasteiger charge is 2.64. The third-order valence-corrected chi connectivity index (χ3v) is 5.79. The molecule has 0 N–H and O–H groups in total. The number of fused-ring (bicyclic) bond motifs is 1. The Hall–Kier alpha value is 0. The summed E-state index contributed by atoms with van der Waals surface area (Å²) in [7, 11) is 0. The molecule has 3 atom stereocenters. The predicted octanol–water partition coefficient (Wildman–Crippen LogP) is 5.13. The Morgan fingerprint density at radius 2 is 1.56 bits per heavy atom. The lowest BCUT2D eigenvalue weighted by Gasteiger charge is -2.33. The first-order valence-electron chi connectivity index (χ1n) is 7.07. The smallest absolute Gasteiger partial charge is 0.0275 e. The van der Waals surface area contributed by atoms with E-state index in [1.54, 1.807) is 0 Å². The molecule has 0 bridgehead atoms. The first-order chi connectivity index (χ1) is 7.07. The van der Waals surface area contributed by atoms with Gasteiger partial charge in [0.05, 0.1) is 0 Å². The van der Waals surface area contributed by atoms with Gasteiger partial charge in [-0.2, -0.15) is 0 Å². The Morgan fingerprint density at radius 1 is 1.00 bits per heavy atom. The maximum absolute atomic E-state index is 2.50. The summed E-state index contributed by atoms with van der Waals surface area (Å²) in [5.74, 6) is 2.91. The van der Waals surface area contributed by atoms with Crippen LogP contribution in [0.3, 0.4) is 0 Å². The monoisotopic (exact) mass is 222 g/mol. The zero-order chi connectivity index (χ0) is 12.4. The van der Waals surface area contributed by atoms with Gasteiger partial charge in [0.2, 0.25) is 0 Å². The third-order valence-electron chi connectivity index (χ3n) is 5.79. The van der Waals surface area contributed by atoms with E-state index < -0.39 is 0 Å². The molecule has 0 nitrogen and oxygen atoms in total. The van der Waals surface area contributed by atoms with Gasteiger partial charge in [-0.15, -0.1) is 0 Å². The zero-order valence-electron chi connectivity index (χ0n) is 12.4. The molecule has 3 unspecified atom stereocenters. The minimum absolute atomic E-state index is 0.504. The molecule has 2 rings (SSSR count). The molecule has 0 heteroatoms. The normalized spacial score (nSPS) is 41.1. The van der Waals surface area contributed by atoms with E-state index in [9.17, 15) is 0 Å². The predicted molar refractivity (Wildman–Crippen MR) is 71.3 cm³/mol. The summed E-state index contributed by atoms with van der Waals surface area (Å²) in [6.45, 7) is 17.3. The van der Waals surface area contributed by atoms with Crippen LogP contribution in [0, 0.1) is 34.0 Å². The van der Waals surface area contributed by atoms with Crippen molar-refractivity contribution >= 4 is 0 Å². The highest BCUT2D eigenvalue weighted by Crippen LogP contribution is 2.71. The molecule has 0 amide bonds. The highest BCUT2D eigenvalue weighted by molar-refractivity contribution is 5.12. The summed E-state index contributed by atoms with van der Waals surface area (Å²) in [5, 5.41) is 0. The second-order valence-corrected chi connectivity index (χ2v) is 8.73. The molecule has 0 radical (unpaired) electrons. The fraction of sp³-hybridized carbons (Fsp3) is 1.00. The van der Waals surface area contributed by atoms with Gasteiger partial charge in [-0.25, -0.2) is 0 Å². The Bertz CT molecular complexity index is 277. The van der Waals surface area contributed by atoms with E-state index in [2.05, 4.69) is 48.5 Å². The molecule has 2 fully saturated rings. The maximum atomic E-state index is 2.50. The van der Waals surface area contributed by atoms with Gasteiger partial charge in [-0.05, 0) is 53.3 Å². The molecule has 0 aromatic carbocycles. The van der Waals surface area contributed by atoms with E-state index in [1.165, 1.54) is 19.3 Å². The SMILES string of the molecule is CC(C)(C)C1CCC(C)(C)C2C(C1)C2(C)C. The van der Waals surface area contributed by atoms with Crippen LogP contribution in [-0.4, -0.2) is 0 Å². The summed E-state index contributed by atoms with van der Waals surface area (Å²) in [6, 6.07) is 0. The first-order valence-corrected chi connectivity index (χ1v) is 7.07. The third kappa shape index (κ3) is 1.83. The van der Waals surface area contributed by atoms with Crippen LogP contribution in [0.25, 0.3) is 0 Å². The minimum Gasteiger partial charge on any atom is -0.0599 e. The molecule has 0 aromatic heterocycles. The molecule has 0 saturated heterocycles. The van der Waals surface area contributed by atoms with Crippen LogP contribution in [0.2, 0.25) is 0 Å². The van der Waals surface area contributed by atoms with Crippen molar-refractivity contribution < 1.29 is 0 Å². The van der Waals surface area contributed by atoms with Crippen molar-refractivity contribution in [2.75, 3.05) is 0 Å². The van der Waals surface area contributed by atoms with E-state index in [0.29, 0.717) is 16.2 Å². The van der Waals surface area contributed by atoms with Crippen molar-refractivity contribution in [1.29, 1.82) is 0 Å². The van der Waals surface area contributed by atoms with Gasteiger partial charge in [0.1, 0.15) is 0 Å². The molecule has 2 aliphatic rings. The van der Waals surface area contributed by atoms with E-state index >= 15 is 0 Å². The first kappa shape index (κ1) is 12.5.